The number of thiophene rings is 1. The van der Waals surface area contributed by atoms with Crippen molar-refractivity contribution in [2.75, 3.05) is 6.54 Å². The van der Waals surface area contributed by atoms with E-state index < -0.39 is 5.91 Å². The summed E-state index contributed by atoms with van der Waals surface area (Å²) < 4.78 is 10.4. The van der Waals surface area contributed by atoms with Crippen molar-refractivity contribution in [3.63, 3.8) is 0 Å². The van der Waals surface area contributed by atoms with Gasteiger partial charge in [0, 0.05) is 25.0 Å². The van der Waals surface area contributed by atoms with Crippen LogP contribution in [0.15, 0.2) is 24.5 Å². The molecule has 3 aromatic rings. The van der Waals surface area contributed by atoms with Crippen LogP contribution in [0.1, 0.15) is 64.9 Å². The van der Waals surface area contributed by atoms with Crippen LogP contribution in [0.4, 0.5) is 0 Å². The molecule has 0 spiro atoms. The van der Waals surface area contributed by atoms with Crippen molar-refractivity contribution in [2.24, 2.45) is 5.73 Å². The van der Waals surface area contributed by atoms with Crippen LogP contribution in [0.3, 0.4) is 0 Å². The fraction of sp³-hybridized carbons (Fsp3) is 0.364. The van der Waals surface area contributed by atoms with Crippen LogP contribution in [-0.2, 0) is 12.8 Å². The molecule has 0 aromatic carbocycles. The number of pyridine rings is 1. The number of fused-ring (bicyclic) bond motifs is 3. The molecule has 0 unspecified atom stereocenters. The second-order valence-corrected chi connectivity index (χ2v) is 8.84. The van der Waals surface area contributed by atoms with Gasteiger partial charge in [-0.1, -0.05) is 38.5 Å². The van der Waals surface area contributed by atoms with E-state index in [-0.39, 0.29) is 11.6 Å². The van der Waals surface area contributed by atoms with Gasteiger partial charge in [0.1, 0.15) is 11.4 Å². The van der Waals surface area contributed by atoms with E-state index in [9.17, 15) is 9.59 Å². The molecule has 3 aromatic heterocycles. The SMILES string of the molecule is CCC.CCCNC(=O)c1cc(Oc2sc(C(N)=O)c3c2-c2sncc2CC3)ccn1. The highest BCUT2D eigenvalue weighted by molar-refractivity contribution is 7.17. The maximum Gasteiger partial charge on any atom is 0.270 e. The normalized spacial score (nSPS) is 11.6. The van der Waals surface area contributed by atoms with Gasteiger partial charge >= 0.3 is 0 Å². The highest BCUT2D eigenvalue weighted by Gasteiger charge is 2.30. The first-order valence-corrected chi connectivity index (χ1v) is 11.9. The number of aromatic nitrogens is 2. The van der Waals surface area contributed by atoms with Crippen LogP contribution < -0.4 is 15.8 Å². The molecule has 4 rings (SSSR count). The standard InChI is InChI=1S/C19H18N4O3S2.C3H8/c1-2-6-22-18(25)13-8-11(5-7-21-13)26-19-14-12(16(27-19)17(20)24)4-3-10-9-23-28-15(10)14;1-3-2/h5,7-9H,2-4,6H2,1H3,(H2,20,24)(H,22,25);3H2,1-2H3. The Balaban J connectivity index is 0.000000858. The van der Waals surface area contributed by atoms with E-state index in [2.05, 4.69) is 28.5 Å². The van der Waals surface area contributed by atoms with E-state index in [1.807, 2.05) is 13.1 Å². The Morgan fingerprint density at radius 2 is 2.03 bits per heavy atom. The van der Waals surface area contributed by atoms with Crippen molar-refractivity contribution in [1.29, 1.82) is 0 Å². The maximum atomic E-state index is 12.2. The third-order valence-electron chi connectivity index (χ3n) is 4.42. The lowest BCUT2D eigenvalue weighted by molar-refractivity contribution is 0.0947. The van der Waals surface area contributed by atoms with Gasteiger partial charge in [-0.3, -0.25) is 14.6 Å². The molecule has 3 N–H and O–H groups in total. The molecule has 0 bridgehead atoms. The Hall–Kier alpha value is -2.78. The van der Waals surface area contributed by atoms with Crippen LogP contribution in [-0.4, -0.2) is 27.7 Å². The lowest BCUT2D eigenvalue weighted by atomic mass is 9.93. The molecular formula is C22H26N4O3S2. The van der Waals surface area contributed by atoms with Crippen molar-refractivity contribution in [3.8, 4) is 21.3 Å². The minimum absolute atomic E-state index is 0.247. The first kappa shape index (κ1) is 22.9. The van der Waals surface area contributed by atoms with E-state index in [1.165, 1.54) is 35.5 Å². The Morgan fingerprint density at radius 3 is 2.74 bits per heavy atom. The van der Waals surface area contributed by atoms with Crippen molar-refractivity contribution in [1.82, 2.24) is 14.7 Å². The third-order valence-corrected chi connectivity index (χ3v) is 6.41. The topological polar surface area (TPSA) is 107 Å². The smallest absolute Gasteiger partial charge is 0.270 e. The monoisotopic (exact) mass is 458 g/mol. The molecule has 0 atom stereocenters. The predicted octanol–water partition coefficient (Wildman–Crippen LogP) is 4.81. The van der Waals surface area contributed by atoms with Gasteiger partial charge in [-0.25, -0.2) is 4.37 Å². The molecule has 31 heavy (non-hydrogen) atoms. The van der Waals surface area contributed by atoms with Gasteiger partial charge in [-0.05, 0) is 48.0 Å². The van der Waals surface area contributed by atoms with Crippen LogP contribution in [0.25, 0.3) is 10.4 Å². The molecule has 2 amide bonds. The molecule has 0 fully saturated rings. The van der Waals surface area contributed by atoms with E-state index in [1.54, 1.807) is 12.1 Å². The zero-order valence-corrected chi connectivity index (χ0v) is 19.5. The molecule has 0 saturated heterocycles. The van der Waals surface area contributed by atoms with Gasteiger partial charge < -0.3 is 15.8 Å². The summed E-state index contributed by atoms with van der Waals surface area (Å²) in [6.45, 7) is 6.82. The summed E-state index contributed by atoms with van der Waals surface area (Å²) in [7, 11) is 0. The zero-order valence-electron chi connectivity index (χ0n) is 17.9. The Labute approximate surface area is 189 Å². The Kier molecular flexibility index (Phi) is 7.75. The van der Waals surface area contributed by atoms with Crippen LogP contribution in [0, 0.1) is 0 Å². The first-order chi connectivity index (χ1) is 15.0. The van der Waals surface area contributed by atoms with Crippen molar-refractivity contribution < 1.29 is 14.3 Å². The second-order valence-electron chi connectivity index (χ2n) is 7.06. The number of nitrogens with zero attached hydrogens (tertiary/aromatic N) is 2. The molecule has 0 aliphatic heterocycles. The lowest BCUT2D eigenvalue weighted by Gasteiger charge is -2.14. The summed E-state index contributed by atoms with van der Waals surface area (Å²) in [5, 5.41) is 3.38. The number of nitrogens with one attached hydrogen (secondary N) is 1. The van der Waals surface area contributed by atoms with Crippen molar-refractivity contribution >= 4 is 34.7 Å². The summed E-state index contributed by atoms with van der Waals surface area (Å²) >= 11 is 2.62. The van der Waals surface area contributed by atoms with Crippen molar-refractivity contribution in [2.45, 2.75) is 46.5 Å². The maximum absolute atomic E-state index is 12.2. The van der Waals surface area contributed by atoms with E-state index in [0.29, 0.717) is 22.2 Å². The lowest BCUT2D eigenvalue weighted by Crippen LogP contribution is -2.24. The number of carbonyl (C=O) groups excluding carboxylic acids is 2. The minimum Gasteiger partial charge on any atom is -0.446 e. The fourth-order valence-electron chi connectivity index (χ4n) is 3.12. The molecule has 3 heterocycles. The largest absolute Gasteiger partial charge is 0.446 e. The molecule has 7 nitrogen and oxygen atoms in total. The highest BCUT2D eigenvalue weighted by atomic mass is 32.1. The number of ether oxygens (including phenoxy) is 1. The minimum atomic E-state index is -0.460. The van der Waals surface area contributed by atoms with Gasteiger partial charge in [0.25, 0.3) is 11.8 Å². The van der Waals surface area contributed by atoms with Crippen LogP contribution in [0.2, 0.25) is 0 Å². The molecule has 9 heteroatoms. The Morgan fingerprint density at radius 1 is 1.26 bits per heavy atom. The Bertz CT molecular complexity index is 1070. The highest BCUT2D eigenvalue weighted by Crippen LogP contribution is 2.49. The summed E-state index contributed by atoms with van der Waals surface area (Å²) in [6, 6.07) is 3.28. The van der Waals surface area contributed by atoms with E-state index >= 15 is 0 Å². The third kappa shape index (κ3) is 5.11. The summed E-state index contributed by atoms with van der Waals surface area (Å²) in [6.07, 6.45) is 7.03. The molecule has 1 aliphatic rings. The van der Waals surface area contributed by atoms with E-state index in [4.69, 9.17) is 10.5 Å². The molecule has 0 saturated carbocycles. The predicted molar refractivity (Wildman–Crippen MR) is 124 cm³/mol. The van der Waals surface area contributed by atoms with Gasteiger partial charge in [-0.2, -0.15) is 0 Å². The number of nitrogens with two attached hydrogens (primary N) is 1. The number of hydrogen-bond donors (Lipinski definition) is 2. The molecular weight excluding hydrogens is 432 g/mol. The second kappa shape index (κ2) is 10.5. The first-order valence-electron chi connectivity index (χ1n) is 10.3. The fourth-order valence-corrected chi connectivity index (χ4v) is 5.13. The molecule has 0 radical (unpaired) electrons. The number of primary amides is 1. The average molecular weight is 459 g/mol. The number of rotatable bonds is 6. The van der Waals surface area contributed by atoms with Crippen LogP contribution >= 0.6 is 22.9 Å². The number of hydrogen-bond acceptors (Lipinski definition) is 7. The number of aryl methyl sites for hydroxylation is 1. The summed E-state index contributed by atoms with van der Waals surface area (Å²) in [5.74, 6) is -0.227. The summed E-state index contributed by atoms with van der Waals surface area (Å²) in [5.41, 5.74) is 8.82. The van der Waals surface area contributed by atoms with E-state index in [0.717, 1.165) is 40.8 Å². The number of amides is 2. The molecule has 164 valence electrons. The van der Waals surface area contributed by atoms with Gasteiger partial charge in [0.2, 0.25) is 0 Å². The molecule has 1 aliphatic carbocycles. The quantitative estimate of drug-likeness (QED) is 0.551. The summed E-state index contributed by atoms with van der Waals surface area (Å²) in [4.78, 5) is 29.7. The van der Waals surface area contributed by atoms with Gasteiger partial charge in [0.15, 0.2) is 5.06 Å². The van der Waals surface area contributed by atoms with Crippen LogP contribution in [0.5, 0.6) is 10.8 Å². The average Bonchev–Trinajstić information content (AvgIpc) is 3.37. The van der Waals surface area contributed by atoms with Crippen molar-refractivity contribution in [3.05, 3.63) is 46.2 Å². The van der Waals surface area contributed by atoms with Gasteiger partial charge in [-0.15, -0.1) is 0 Å². The number of carbonyl (C=O) groups is 2. The van der Waals surface area contributed by atoms with Gasteiger partial charge in [0.05, 0.1) is 15.3 Å². The zero-order chi connectivity index (χ0) is 22.4.